The molecule has 0 atom stereocenters. The van der Waals surface area contributed by atoms with Gasteiger partial charge in [-0.1, -0.05) is 26.0 Å². The van der Waals surface area contributed by atoms with E-state index in [0.29, 0.717) is 24.8 Å². The van der Waals surface area contributed by atoms with Crippen molar-refractivity contribution in [2.24, 2.45) is 5.92 Å². The molecule has 0 bridgehead atoms. The number of nitrogens with one attached hydrogen (secondary N) is 1. The first-order chi connectivity index (χ1) is 10.6. The predicted octanol–water partition coefficient (Wildman–Crippen LogP) is 3.44. The van der Waals surface area contributed by atoms with E-state index in [4.69, 9.17) is 9.47 Å². The van der Waals surface area contributed by atoms with Gasteiger partial charge in [0.25, 0.3) is 0 Å². The number of rotatable bonds is 9. The maximum absolute atomic E-state index is 11.5. The third-order valence-corrected chi connectivity index (χ3v) is 2.99. The second-order valence-corrected chi connectivity index (χ2v) is 5.31. The zero-order valence-corrected chi connectivity index (χ0v) is 13.6. The fourth-order valence-corrected chi connectivity index (χ4v) is 1.72. The summed E-state index contributed by atoms with van der Waals surface area (Å²) in [6.45, 7) is 8.98. The monoisotopic (exact) mass is 303 g/mol. The average molecular weight is 303 g/mol. The minimum absolute atomic E-state index is 0.156. The third kappa shape index (κ3) is 6.48. The lowest BCUT2D eigenvalue weighted by molar-refractivity contribution is -0.116. The van der Waals surface area contributed by atoms with Gasteiger partial charge in [-0.25, -0.2) is 0 Å². The van der Waals surface area contributed by atoms with Crippen molar-refractivity contribution in [2.45, 2.75) is 20.3 Å². The number of ether oxygens (including phenoxy) is 2. The Labute approximate surface area is 132 Å². The summed E-state index contributed by atoms with van der Waals surface area (Å²) in [6, 6.07) is 5.60. The van der Waals surface area contributed by atoms with E-state index in [1.165, 1.54) is 6.08 Å². The van der Waals surface area contributed by atoms with Crippen molar-refractivity contribution in [1.29, 1.82) is 0 Å². The first-order valence-electron chi connectivity index (χ1n) is 7.44. The second-order valence-electron chi connectivity index (χ2n) is 5.31. The van der Waals surface area contributed by atoms with E-state index in [-0.39, 0.29) is 5.91 Å². The van der Waals surface area contributed by atoms with Crippen molar-refractivity contribution in [3.05, 3.63) is 42.5 Å². The van der Waals surface area contributed by atoms with Crippen LogP contribution in [0.15, 0.2) is 36.9 Å². The molecule has 0 saturated carbocycles. The fourth-order valence-electron chi connectivity index (χ4n) is 1.72. The fraction of sp³-hybridized carbons (Fsp3) is 0.389. The Morgan fingerprint density at radius 3 is 2.77 bits per heavy atom. The van der Waals surface area contributed by atoms with Crippen LogP contribution in [0.3, 0.4) is 0 Å². The predicted molar refractivity (Wildman–Crippen MR) is 90.2 cm³/mol. The Balaban J connectivity index is 2.69. The number of amides is 1. The van der Waals surface area contributed by atoms with E-state index in [2.05, 4.69) is 25.7 Å². The molecule has 4 heteroatoms. The van der Waals surface area contributed by atoms with Crippen molar-refractivity contribution < 1.29 is 14.3 Å². The van der Waals surface area contributed by atoms with Crippen molar-refractivity contribution in [3.63, 3.8) is 0 Å². The van der Waals surface area contributed by atoms with Crippen LogP contribution in [0.25, 0.3) is 6.08 Å². The quantitative estimate of drug-likeness (QED) is 0.561. The molecule has 1 amide bonds. The summed E-state index contributed by atoms with van der Waals surface area (Å²) >= 11 is 0. The summed E-state index contributed by atoms with van der Waals surface area (Å²) in [5.41, 5.74) is 0.877. The maximum Gasteiger partial charge on any atom is 0.244 e. The van der Waals surface area contributed by atoms with Gasteiger partial charge in [0, 0.05) is 12.6 Å². The van der Waals surface area contributed by atoms with E-state index < -0.39 is 0 Å². The van der Waals surface area contributed by atoms with Crippen LogP contribution in [0.2, 0.25) is 0 Å². The van der Waals surface area contributed by atoms with Crippen molar-refractivity contribution in [3.8, 4) is 11.5 Å². The van der Waals surface area contributed by atoms with Crippen LogP contribution in [0.1, 0.15) is 25.8 Å². The Hall–Kier alpha value is -2.23. The second kappa shape index (κ2) is 9.66. The average Bonchev–Trinajstić information content (AvgIpc) is 2.51. The first kappa shape index (κ1) is 17.8. The van der Waals surface area contributed by atoms with Crippen molar-refractivity contribution in [2.75, 3.05) is 20.3 Å². The standard InChI is InChI=1S/C18H25NO3/c1-5-11-19-18(20)9-7-15-6-8-16(17(13-15)21-4)22-12-10-14(2)3/h5-9,13-14H,1,10-12H2,2-4H3,(H,19,20)/b9-7+. The Kier molecular flexibility index (Phi) is 7.83. The highest BCUT2D eigenvalue weighted by Crippen LogP contribution is 2.28. The molecule has 0 aliphatic heterocycles. The zero-order chi connectivity index (χ0) is 16.4. The van der Waals surface area contributed by atoms with E-state index in [1.807, 2.05) is 18.2 Å². The van der Waals surface area contributed by atoms with Gasteiger partial charge < -0.3 is 14.8 Å². The van der Waals surface area contributed by atoms with Crippen LogP contribution in [0.5, 0.6) is 11.5 Å². The molecular weight excluding hydrogens is 278 g/mol. The normalized spacial score (nSPS) is 10.7. The highest BCUT2D eigenvalue weighted by atomic mass is 16.5. The molecule has 1 aromatic carbocycles. The number of benzene rings is 1. The van der Waals surface area contributed by atoms with Gasteiger partial charge in [-0.3, -0.25) is 4.79 Å². The summed E-state index contributed by atoms with van der Waals surface area (Å²) in [5, 5.41) is 2.68. The summed E-state index contributed by atoms with van der Waals surface area (Å²) in [4.78, 5) is 11.5. The minimum Gasteiger partial charge on any atom is -0.493 e. The molecule has 0 radical (unpaired) electrons. The maximum atomic E-state index is 11.5. The lowest BCUT2D eigenvalue weighted by Crippen LogP contribution is -2.20. The Morgan fingerprint density at radius 1 is 1.36 bits per heavy atom. The molecule has 0 aromatic heterocycles. The Morgan fingerprint density at radius 2 is 2.14 bits per heavy atom. The summed E-state index contributed by atoms with van der Waals surface area (Å²) < 4.78 is 11.1. The highest BCUT2D eigenvalue weighted by Gasteiger charge is 2.05. The van der Waals surface area contributed by atoms with Crippen LogP contribution in [-0.4, -0.2) is 26.2 Å². The van der Waals surface area contributed by atoms with Gasteiger partial charge >= 0.3 is 0 Å². The number of carbonyl (C=O) groups is 1. The van der Waals surface area contributed by atoms with Gasteiger partial charge in [0.1, 0.15) is 0 Å². The molecule has 0 aliphatic rings. The smallest absolute Gasteiger partial charge is 0.244 e. The molecular formula is C18H25NO3. The third-order valence-electron chi connectivity index (χ3n) is 2.99. The molecule has 22 heavy (non-hydrogen) atoms. The van der Waals surface area contributed by atoms with Gasteiger partial charge in [-0.05, 0) is 36.1 Å². The van der Waals surface area contributed by atoms with Gasteiger partial charge in [-0.2, -0.15) is 0 Å². The zero-order valence-electron chi connectivity index (χ0n) is 13.6. The molecule has 0 unspecified atom stereocenters. The number of methoxy groups -OCH3 is 1. The summed E-state index contributed by atoms with van der Waals surface area (Å²) in [5.74, 6) is 1.83. The van der Waals surface area contributed by atoms with E-state index in [0.717, 1.165) is 17.7 Å². The van der Waals surface area contributed by atoms with E-state index in [1.54, 1.807) is 19.3 Å². The minimum atomic E-state index is -0.156. The van der Waals surface area contributed by atoms with E-state index >= 15 is 0 Å². The topological polar surface area (TPSA) is 47.6 Å². The van der Waals surface area contributed by atoms with Crippen molar-refractivity contribution >= 4 is 12.0 Å². The van der Waals surface area contributed by atoms with Crippen LogP contribution >= 0.6 is 0 Å². The molecule has 4 nitrogen and oxygen atoms in total. The number of hydrogen-bond acceptors (Lipinski definition) is 3. The van der Waals surface area contributed by atoms with Crippen LogP contribution in [0, 0.1) is 5.92 Å². The van der Waals surface area contributed by atoms with Crippen LogP contribution < -0.4 is 14.8 Å². The van der Waals surface area contributed by atoms with Gasteiger partial charge in [-0.15, -0.1) is 6.58 Å². The molecule has 0 spiro atoms. The largest absolute Gasteiger partial charge is 0.493 e. The Bertz CT molecular complexity index is 521. The molecule has 0 heterocycles. The van der Waals surface area contributed by atoms with Crippen molar-refractivity contribution in [1.82, 2.24) is 5.32 Å². The van der Waals surface area contributed by atoms with E-state index in [9.17, 15) is 4.79 Å². The van der Waals surface area contributed by atoms with Gasteiger partial charge in [0.15, 0.2) is 11.5 Å². The van der Waals surface area contributed by atoms with Gasteiger partial charge in [0.2, 0.25) is 5.91 Å². The highest BCUT2D eigenvalue weighted by molar-refractivity contribution is 5.91. The SMILES string of the molecule is C=CCNC(=O)/C=C/c1ccc(OCCC(C)C)c(OC)c1. The van der Waals surface area contributed by atoms with Crippen LogP contribution in [0.4, 0.5) is 0 Å². The molecule has 1 aromatic rings. The first-order valence-corrected chi connectivity index (χ1v) is 7.44. The summed E-state index contributed by atoms with van der Waals surface area (Å²) in [7, 11) is 1.61. The van der Waals surface area contributed by atoms with Gasteiger partial charge in [0.05, 0.1) is 13.7 Å². The molecule has 0 aliphatic carbocycles. The summed E-state index contributed by atoms with van der Waals surface area (Å²) in [6.07, 6.45) is 5.85. The number of carbonyl (C=O) groups excluding carboxylic acids is 1. The lowest BCUT2D eigenvalue weighted by atomic mass is 10.1. The molecule has 0 fully saturated rings. The van der Waals surface area contributed by atoms with Crippen LogP contribution in [-0.2, 0) is 4.79 Å². The molecule has 1 rings (SSSR count). The lowest BCUT2D eigenvalue weighted by Gasteiger charge is -2.12. The molecule has 0 saturated heterocycles. The number of hydrogen-bond donors (Lipinski definition) is 1. The molecule has 120 valence electrons. The molecule has 1 N–H and O–H groups in total.